The van der Waals surface area contributed by atoms with Crippen LogP contribution in [0.2, 0.25) is 0 Å². The van der Waals surface area contributed by atoms with Crippen LogP contribution in [0.1, 0.15) is 30.2 Å². The number of nitrogens with zero attached hydrogens (tertiary/aromatic N) is 1. The Hall–Kier alpha value is -2.35. The topological polar surface area (TPSA) is 65.4 Å². The number of hydrogen-bond acceptors (Lipinski definition) is 4. The fraction of sp³-hybridized carbons (Fsp3) is 0.267. The molecule has 0 aliphatic heterocycles. The van der Waals surface area contributed by atoms with E-state index < -0.39 is 56.6 Å². The second kappa shape index (κ2) is 6.64. The molecule has 0 N–H and O–H groups in total. The molecular formula is C15H11ClF3NO4. The predicted octanol–water partition coefficient (Wildman–Crippen LogP) is 2.92. The summed E-state index contributed by atoms with van der Waals surface area (Å²) in [5.74, 6) is -6.12. The van der Waals surface area contributed by atoms with Crippen LogP contribution in [0.15, 0.2) is 17.1 Å². The quantitative estimate of drug-likeness (QED) is 0.477. The van der Waals surface area contributed by atoms with Crippen LogP contribution in [0.3, 0.4) is 0 Å². The van der Waals surface area contributed by atoms with Gasteiger partial charge >= 0.3 is 5.97 Å². The summed E-state index contributed by atoms with van der Waals surface area (Å²) in [6.45, 7) is 2.69. The van der Waals surface area contributed by atoms with E-state index in [2.05, 4.69) is 0 Å². The summed E-state index contributed by atoms with van der Waals surface area (Å²) in [4.78, 5) is 35.6. The van der Waals surface area contributed by atoms with Crippen LogP contribution < -0.4 is 5.43 Å². The molecule has 1 unspecified atom stereocenters. The minimum atomic E-state index is -1.81. The highest BCUT2D eigenvalue weighted by Crippen LogP contribution is 2.25. The van der Waals surface area contributed by atoms with Crippen LogP contribution in [0.4, 0.5) is 13.2 Å². The average Bonchev–Trinajstić information content (AvgIpc) is 2.53. The minimum absolute atomic E-state index is 0.0492. The summed E-state index contributed by atoms with van der Waals surface area (Å²) in [6.07, 6.45) is 0.841. The SMILES string of the molecule is CCOC(=O)c1cn(C(C)C(=O)Cl)c2c(F)c(F)c(F)cc2c1=O. The molecule has 0 fully saturated rings. The molecule has 0 bridgehead atoms. The first-order chi connectivity index (χ1) is 11.2. The van der Waals surface area contributed by atoms with Gasteiger partial charge in [0, 0.05) is 6.20 Å². The number of hydrogen-bond donors (Lipinski definition) is 0. The van der Waals surface area contributed by atoms with Gasteiger partial charge in [0.2, 0.25) is 10.7 Å². The number of pyridine rings is 1. The number of ether oxygens (including phenoxy) is 1. The van der Waals surface area contributed by atoms with Gasteiger partial charge in [-0.25, -0.2) is 18.0 Å². The molecule has 0 saturated carbocycles. The standard InChI is InChI=1S/C15H11ClF3NO4/c1-3-24-15(23)8-5-20(6(2)14(16)22)12-7(13(8)21)4-9(17)10(18)11(12)19/h4-6H,3H2,1-2H3. The van der Waals surface area contributed by atoms with Gasteiger partial charge in [-0.1, -0.05) is 0 Å². The van der Waals surface area contributed by atoms with E-state index in [1.54, 1.807) is 0 Å². The fourth-order valence-electron chi connectivity index (χ4n) is 2.19. The molecule has 9 heteroatoms. The van der Waals surface area contributed by atoms with Crippen LogP contribution in [0.5, 0.6) is 0 Å². The molecule has 0 amide bonds. The van der Waals surface area contributed by atoms with Crippen LogP contribution in [0.25, 0.3) is 10.9 Å². The minimum Gasteiger partial charge on any atom is -0.462 e. The molecule has 1 heterocycles. The average molecular weight is 362 g/mol. The van der Waals surface area contributed by atoms with Crippen molar-refractivity contribution in [2.24, 2.45) is 0 Å². The summed E-state index contributed by atoms with van der Waals surface area (Å²) in [5.41, 5.74) is -2.28. The summed E-state index contributed by atoms with van der Waals surface area (Å²) in [6, 6.07) is -0.789. The molecule has 0 saturated heterocycles. The lowest BCUT2D eigenvalue weighted by Gasteiger charge is -2.17. The Bertz CT molecular complexity index is 910. The lowest BCUT2D eigenvalue weighted by atomic mass is 10.1. The normalized spacial score (nSPS) is 12.2. The van der Waals surface area contributed by atoms with E-state index in [9.17, 15) is 27.6 Å². The molecule has 1 aromatic carbocycles. The Balaban J connectivity index is 2.98. The van der Waals surface area contributed by atoms with Crippen LogP contribution in [-0.4, -0.2) is 22.4 Å². The zero-order chi connectivity index (χ0) is 18.2. The summed E-state index contributed by atoms with van der Waals surface area (Å²) < 4.78 is 46.7. The van der Waals surface area contributed by atoms with Gasteiger partial charge in [-0.2, -0.15) is 0 Å². The molecule has 1 aromatic heterocycles. The maximum Gasteiger partial charge on any atom is 0.343 e. The maximum atomic E-state index is 14.2. The third-order valence-corrected chi connectivity index (χ3v) is 3.71. The lowest BCUT2D eigenvalue weighted by molar-refractivity contribution is -0.114. The number of halogens is 4. The van der Waals surface area contributed by atoms with Crippen molar-refractivity contribution in [1.29, 1.82) is 0 Å². The van der Waals surface area contributed by atoms with Gasteiger partial charge in [-0.05, 0) is 31.5 Å². The molecular weight excluding hydrogens is 351 g/mol. The third-order valence-electron chi connectivity index (χ3n) is 3.39. The van der Waals surface area contributed by atoms with E-state index in [1.165, 1.54) is 13.8 Å². The van der Waals surface area contributed by atoms with Crippen molar-refractivity contribution in [1.82, 2.24) is 4.57 Å². The maximum absolute atomic E-state index is 14.2. The van der Waals surface area contributed by atoms with E-state index in [-0.39, 0.29) is 6.61 Å². The number of fused-ring (bicyclic) bond motifs is 1. The van der Waals surface area contributed by atoms with E-state index in [0.717, 1.165) is 10.8 Å². The molecule has 24 heavy (non-hydrogen) atoms. The Morgan fingerprint density at radius 2 is 1.92 bits per heavy atom. The number of carbonyl (C=O) groups is 2. The van der Waals surface area contributed by atoms with Crippen molar-refractivity contribution in [3.63, 3.8) is 0 Å². The summed E-state index contributed by atoms with van der Waals surface area (Å²) >= 11 is 5.38. The molecule has 2 aromatic rings. The van der Waals surface area contributed by atoms with Gasteiger partial charge in [0.05, 0.1) is 17.5 Å². The third kappa shape index (κ3) is 2.89. The second-order valence-corrected chi connectivity index (χ2v) is 5.23. The molecule has 128 valence electrons. The van der Waals surface area contributed by atoms with Gasteiger partial charge in [0.15, 0.2) is 17.5 Å². The van der Waals surface area contributed by atoms with Gasteiger partial charge in [-0.15, -0.1) is 0 Å². The molecule has 0 aliphatic carbocycles. The van der Waals surface area contributed by atoms with Crippen molar-refractivity contribution in [3.8, 4) is 0 Å². The molecule has 5 nitrogen and oxygen atoms in total. The van der Waals surface area contributed by atoms with Crippen LogP contribution >= 0.6 is 11.6 Å². The Kier molecular flexibility index (Phi) is 4.98. The number of benzene rings is 1. The zero-order valence-electron chi connectivity index (χ0n) is 12.5. The molecule has 0 radical (unpaired) electrons. The van der Waals surface area contributed by atoms with Gasteiger partial charge < -0.3 is 9.30 Å². The van der Waals surface area contributed by atoms with Gasteiger partial charge in [0.25, 0.3) is 0 Å². The highest BCUT2D eigenvalue weighted by Gasteiger charge is 2.26. The van der Waals surface area contributed by atoms with Gasteiger partial charge in [0.1, 0.15) is 11.6 Å². The van der Waals surface area contributed by atoms with Crippen molar-refractivity contribution in [2.45, 2.75) is 19.9 Å². The van der Waals surface area contributed by atoms with E-state index >= 15 is 0 Å². The Morgan fingerprint density at radius 1 is 1.29 bits per heavy atom. The molecule has 0 spiro atoms. The Labute approximate surface area is 138 Å². The van der Waals surface area contributed by atoms with Gasteiger partial charge in [-0.3, -0.25) is 9.59 Å². The predicted molar refractivity (Wildman–Crippen MR) is 79.6 cm³/mol. The summed E-state index contributed by atoms with van der Waals surface area (Å²) in [7, 11) is 0. The van der Waals surface area contributed by atoms with Crippen molar-refractivity contribution < 1.29 is 27.5 Å². The number of esters is 1. The number of carbonyl (C=O) groups excluding carboxylic acids is 2. The first-order valence-electron chi connectivity index (χ1n) is 6.79. The van der Waals surface area contributed by atoms with Crippen LogP contribution in [0, 0.1) is 17.5 Å². The van der Waals surface area contributed by atoms with Crippen LogP contribution in [-0.2, 0) is 9.53 Å². The summed E-state index contributed by atoms with van der Waals surface area (Å²) in [5, 5.41) is -1.57. The first kappa shape index (κ1) is 18.0. The van der Waals surface area contributed by atoms with Crippen molar-refractivity contribution in [3.05, 3.63) is 45.5 Å². The molecule has 1 atom stereocenters. The smallest absolute Gasteiger partial charge is 0.343 e. The molecule has 2 rings (SSSR count). The fourth-order valence-corrected chi connectivity index (χ4v) is 2.29. The highest BCUT2D eigenvalue weighted by molar-refractivity contribution is 6.64. The second-order valence-electron chi connectivity index (χ2n) is 4.86. The monoisotopic (exact) mass is 361 g/mol. The highest BCUT2D eigenvalue weighted by atomic mass is 35.5. The van der Waals surface area contributed by atoms with Crippen molar-refractivity contribution >= 4 is 33.7 Å². The first-order valence-corrected chi connectivity index (χ1v) is 7.17. The van der Waals surface area contributed by atoms with E-state index in [0.29, 0.717) is 6.07 Å². The lowest BCUT2D eigenvalue weighted by Crippen LogP contribution is -2.24. The Morgan fingerprint density at radius 3 is 2.46 bits per heavy atom. The number of rotatable bonds is 4. The van der Waals surface area contributed by atoms with E-state index in [1.807, 2.05) is 0 Å². The zero-order valence-corrected chi connectivity index (χ0v) is 13.3. The molecule has 0 aliphatic rings. The largest absolute Gasteiger partial charge is 0.462 e. The number of aromatic nitrogens is 1. The van der Waals surface area contributed by atoms with E-state index in [4.69, 9.17) is 16.3 Å². The van der Waals surface area contributed by atoms with Crippen molar-refractivity contribution in [2.75, 3.05) is 6.61 Å².